The molecule has 1 unspecified atom stereocenters. The summed E-state index contributed by atoms with van der Waals surface area (Å²) in [6, 6.07) is 18.3. The second-order valence-electron chi connectivity index (χ2n) is 7.08. The van der Waals surface area contributed by atoms with E-state index in [4.69, 9.17) is 18.5 Å². The van der Waals surface area contributed by atoms with Crippen LogP contribution >= 0.6 is 7.60 Å². The van der Waals surface area contributed by atoms with E-state index >= 15 is 0 Å². The Labute approximate surface area is 187 Å². The lowest BCUT2D eigenvalue weighted by molar-refractivity contribution is -0.0562. The van der Waals surface area contributed by atoms with Gasteiger partial charge in [-0.05, 0) is 24.0 Å². The van der Waals surface area contributed by atoms with Crippen molar-refractivity contribution in [1.82, 2.24) is 10.0 Å². The van der Waals surface area contributed by atoms with Crippen molar-refractivity contribution in [3.05, 3.63) is 71.8 Å². The standard InChI is InChI=1S/C22H27N2O7P/c1-28-32(27,29-2)20-14-9-15-23(21(25)30-16-18-10-5-3-6-11-18)24(20)22(26)31-17-19-12-7-4-8-13-19/h3-8,10-13,20H,9,14-17H2,1-2H3. The average Bonchev–Trinajstić information content (AvgIpc) is 2.86. The summed E-state index contributed by atoms with van der Waals surface area (Å²) >= 11 is 0. The molecular weight excluding hydrogens is 435 g/mol. The molecule has 1 saturated heterocycles. The zero-order valence-corrected chi connectivity index (χ0v) is 19.0. The van der Waals surface area contributed by atoms with Crippen molar-refractivity contribution in [2.45, 2.75) is 31.8 Å². The second kappa shape index (κ2) is 11.1. The third kappa shape index (κ3) is 5.68. The molecular formula is C22H27N2O7P. The Balaban J connectivity index is 1.79. The van der Waals surface area contributed by atoms with Gasteiger partial charge >= 0.3 is 19.8 Å². The van der Waals surface area contributed by atoms with Crippen LogP contribution in [0, 0.1) is 0 Å². The van der Waals surface area contributed by atoms with Crippen LogP contribution in [0.15, 0.2) is 60.7 Å². The normalized spacial score (nSPS) is 16.5. The monoisotopic (exact) mass is 462 g/mol. The quantitative estimate of drug-likeness (QED) is 0.546. The number of hydrogen-bond acceptors (Lipinski definition) is 7. The molecule has 2 aromatic carbocycles. The summed E-state index contributed by atoms with van der Waals surface area (Å²) in [5.74, 6) is -1.03. The molecule has 9 nitrogen and oxygen atoms in total. The van der Waals surface area contributed by atoms with Gasteiger partial charge in [0.1, 0.15) is 13.2 Å². The molecule has 172 valence electrons. The highest BCUT2D eigenvalue weighted by molar-refractivity contribution is 7.54. The molecule has 0 aromatic heterocycles. The molecule has 2 aromatic rings. The number of benzene rings is 2. The minimum absolute atomic E-state index is 0.0138. The third-order valence-electron chi connectivity index (χ3n) is 5.06. The van der Waals surface area contributed by atoms with Gasteiger partial charge in [0, 0.05) is 20.8 Å². The van der Waals surface area contributed by atoms with Crippen molar-refractivity contribution in [2.24, 2.45) is 0 Å². The van der Waals surface area contributed by atoms with Gasteiger partial charge < -0.3 is 18.5 Å². The van der Waals surface area contributed by atoms with Crippen LogP contribution in [0.2, 0.25) is 0 Å². The first kappa shape index (κ1) is 23.8. The van der Waals surface area contributed by atoms with Crippen LogP contribution in [0.5, 0.6) is 0 Å². The maximum atomic E-state index is 13.2. The number of ether oxygens (including phenoxy) is 2. The zero-order chi connectivity index (χ0) is 23.0. The van der Waals surface area contributed by atoms with Gasteiger partial charge in [0.15, 0.2) is 5.78 Å². The highest BCUT2D eigenvalue weighted by Crippen LogP contribution is 2.55. The number of carbonyl (C=O) groups is 2. The number of hydrazine groups is 1. The molecule has 0 spiro atoms. The first-order chi connectivity index (χ1) is 15.5. The van der Waals surface area contributed by atoms with Gasteiger partial charge in [-0.1, -0.05) is 60.7 Å². The number of amides is 2. The molecule has 1 atom stereocenters. The van der Waals surface area contributed by atoms with Crippen LogP contribution < -0.4 is 0 Å². The van der Waals surface area contributed by atoms with E-state index in [0.29, 0.717) is 12.8 Å². The SMILES string of the molecule is COP(=O)(OC)C1CCCN(C(=O)OCc2ccccc2)N1C(=O)OCc1ccccc1. The fourth-order valence-corrected chi connectivity index (χ4v) is 5.02. The van der Waals surface area contributed by atoms with Crippen molar-refractivity contribution in [3.63, 3.8) is 0 Å². The Bertz CT molecular complexity index is 934. The second-order valence-corrected chi connectivity index (χ2v) is 9.48. The Morgan fingerprint density at radius 3 is 1.88 bits per heavy atom. The summed E-state index contributed by atoms with van der Waals surface area (Å²) in [5.41, 5.74) is 1.57. The smallest absolute Gasteiger partial charge is 0.430 e. The van der Waals surface area contributed by atoms with Gasteiger partial charge in [-0.15, -0.1) is 0 Å². The molecule has 0 bridgehead atoms. The van der Waals surface area contributed by atoms with Gasteiger partial charge in [0.25, 0.3) is 0 Å². The predicted molar refractivity (Wildman–Crippen MR) is 116 cm³/mol. The van der Waals surface area contributed by atoms with E-state index in [0.717, 1.165) is 21.1 Å². The van der Waals surface area contributed by atoms with Crippen molar-refractivity contribution in [3.8, 4) is 0 Å². The summed E-state index contributed by atoms with van der Waals surface area (Å²) in [6.45, 7) is 0.206. The fourth-order valence-electron chi connectivity index (χ4n) is 3.40. The van der Waals surface area contributed by atoms with Gasteiger partial charge in [-0.2, -0.15) is 5.01 Å². The lowest BCUT2D eigenvalue weighted by Gasteiger charge is -2.43. The Kier molecular flexibility index (Phi) is 8.27. The molecule has 3 rings (SSSR count). The largest absolute Gasteiger partial charge is 0.443 e. The topological polar surface area (TPSA) is 94.6 Å². The number of hydrogen-bond donors (Lipinski definition) is 0. The first-order valence-electron chi connectivity index (χ1n) is 10.2. The molecule has 1 heterocycles. The van der Waals surface area contributed by atoms with Gasteiger partial charge in [-0.25, -0.2) is 14.6 Å². The Morgan fingerprint density at radius 1 is 0.875 bits per heavy atom. The number of rotatable bonds is 7. The molecule has 0 aliphatic carbocycles. The van der Waals surface area contributed by atoms with Crippen molar-refractivity contribution < 1.29 is 32.7 Å². The highest BCUT2D eigenvalue weighted by Gasteiger charge is 2.48. The first-order valence-corrected chi connectivity index (χ1v) is 11.8. The molecule has 1 fully saturated rings. The lowest BCUT2D eigenvalue weighted by Crippen LogP contribution is -2.58. The highest BCUT2D eigenvalue weighted by atomic mass is 31.2. The molecule has 0 N–H and O–H groups in total. The average molecular weight is 462 g/mol. The van der Waals surface area contributed by atoms with E-state index in [1.54, 1.807) is 0 Å². The van der Waals surface area contributed by atoms with E-state index in [9.17, 15) is 14.2 Å². The summed E-state index contributed by atoms with van der Waals surface area (Å²) < 4.78 is 34.3. The Hall–Kier alpha value is -2.87. The third-order valence-corrected chi connectivity index (χ3v) is 7.28. The molecule has 0 saturated carbocycles. The maximum absolute atomic E-state index is 13.2. The summed E-state index contributed by atoms with van der Waals surface area (Å²) in [4.78, 5) is 26.0. The van der Waals surface area contributed by atoms with E-state index in [-0.39, 0.29) is 19.8 Å². The minimum atomic E-state index is -3.74. The summed E-state index contributed by atoms with van der Waals surface area (Å²) in [7, 11) is -1.26. The molecule has 1 aliphatic heterocycles. The predicted octanol–water partition coefficient (Wildman–Crippen LogP) is 4.78. The van der Waals surface area contributed by atoms with Gasteiger partial charge in [0.2, 0.25) is 0 Å². The van der Waals surface area contributed by atoms with Crippen molar-refractivity contribution >= 4 is 19.8 Å². The van der Waals surface area contributed by atoms with Gasteiger partial charge in [0.05, 0.1) is 0 Å². The molecule has 1 aliphatic rings. The zero-order valence-electron chi connectivity index (χ0n) is 18.1. The van der Waals surface area contributed by atoms with E-state index in [1.165, 1.54) is 14.2 Å². The molecule has 2 amide bonds. The number of carbonyl (C=O) groups excluding carboxylic acids is 2. The van der Waals surface area contributed by atoms with Crippen LogP contribution in [0.1, 0.15) is 24.0 Å². The fraction of sp³-hybridized carbons (Fsp3) is 0.364. The Morgan fingerprint density at radius 2 is 1.38 bits per heavy atom. The lowest BCUT2D eigenvalue weighted by atomic mass is 10.2. The molecule has 32 heavy (non-hydrogen) atoms. The van der Waals surface area contributed by atoms with E-state index in [1.807, 2.05) is 60.7 Å². The van der Waals surface area contributed by atoms with Crippen LogP contribution in [-0.2, 0) is 36.3 Å². The molecule has 0 radical (unpaired) electrons. The van der Waals surface area contributed by atoms with Crippen LogP contribution in [0.3, 0.4) is 0 Å². The summed E-state index contributed by atoms with van der Waals surface area (Å²) in [5, 5.41) is 2.11. The van der Waals surface area contributed by atoms with Crippen LogP contribution in [0.25, 0.3) is 0 Å². The van der Waals surface area contributed by atoms with Crippen molar-refractivity contribution in [1.29, 1.82) is 0 Å². The minimum Gasteiger partial charge on any atom is -0.443 e. The van der Waals surface area contributed by atoms with Crippen LogP contribution in [0.4, 0.5) is 9.59 Å². The van der Waals surface area contributed by atoms with E-state index in [2.05, 4.69) is 0 Å². The van der Waals surface area contributed by atoms with Gasteiger partial charge in [-0.3, -0.25) is 4.57 Å². The van der Waals surface area contributed by atoms with Crippen LogP contribution in [-0.4, -0.2) is 48.8 Å². The van der Waals surface area contributed by atoms with E-state index < -0.39 is 25.6 Å². The van der Waals surface area contributed by atoms with Crippen molar-refractivity contribution in [2.75, 3.05) is 20.8 Å². The summed E-state index contributed by atoms with van der Waals surface area (Å²) in [6.07, 6.45) is -0.815. The maximum Gasteiger partial charge on any atom is 0.430 e. The number of nitrogens with zero attached hydrogens (tertiary/aromatic N) is 2. The molecule has 10 heteroatoms.